The van der Waals surface area contributed by atoms with Gasteiger partial charge in [0.2, 0.25) is 0 Å². The maximum atomic E-state index is 13.0. The molecule has 0 fully saturated rings. The molecule has 0 unspecified atom stereocenters. The smallest absolute Gasteiger partial charge is 0.206 e. The summed E-state index contributed by atoms with van der Waals surface area (Å²) in [6, 6.07) is 1.97. The van der Waals surface area contributed by atoms with Crippen molar-refractivity contribution in [1.82, 2.24) is 0 Å². The minimum absolute atomic E-state index is 0.158. The van der Waals surface area contributed by atoms with Crippen molar-refractivity contribution in [1.29, 1.82) is 0 Å². The van der Waals surface area contributed by atoms with E-state index in [9.17, 15) is 13.2 Å². The molecule has 0 heterocycles. The Morgan fingerprint density at radius 1 is 1.31 bits per heavy atom. The molecule has 0 aromatic heterocycles. The fourth-order valence-electron chi connectivity index (χ4n) is 0.994. The summed E-state index contributed by atoms with van der Waals surface area (Å²) in [5, 5.41) is 0.158. The van der Waals surface area contributed by atoms with Crippen LogP contribution in [-0.2, 0) is 5.92 Å². The maximum Gasteiger partial charge on any atom is 0.273 e. The molecule has 0 saturated heterocycles. The molecule has 0 amide bonds. The molecule has 1 rings (SSSR count). The summed E-state index contributed by atoms with van der Waals surface area (Å²) in [5.74, 6) is -4.14. The molecule has 1 aromatic rings. The van der Waals surface area contributed by atoms with E-state index in [4.69, 9.17) is 11.6 Å². The van der Waals surface area contributed by atoms with Crippen LogP contribution in [0.25, 0.3) is 0 Å². The average Bonchev–Trinajstić information content (AvgIpc) is 1.94. The summed E-state index contributed by atoms with van der Waals surface area (Å²) >= 11 is 5.55. The molecule has 0 atom stereocenters. The summed E-state index contributed by atoms with van der Waals surface area (Å²) in [6.45, 7) is 2.20. The Balaban J connectivity index is 3.32. The lowest BCUT2D eigenvalue weighted by molar-refractivity contribution is 0.0137. The summed E-state index contributed by atoms with van der Waals surface area (Å²) < 4.78 is 38.4. The predicted octanol–water partition coefficient (Wildman–Crippen LogP) is 3.90. The van der Waals surface area contributed by atoms with Crippen LogP contribution in [0, 0.1) is 12.7 Å². The predicted molar refractivity (Wildman–Crippen MR) is 45.7 cm³/mol. The molecular weight excluding hydrogens is 201 g/mol. The van der Waals surface area contributed by atoms with E-state index in [1.165, 1.54) is 0 Å². The van der Waals surface area contributed by atoms with Crippen molar-refractivity contribution in [2.24, 2.45) is 0 Å². The minimum atomic E-state index is -3.17. The van der Waals surface area contributed by atoms with Crippen LogP contribution in [-0.4, -0.2) is 0 Å². The highest BCUT2D eigenvalue weighted by Crippen LogP contribution is 2.32. The highest BCUT2D eigenvalue weighted by atomic mass is 35.5. The Labute approximate surface area is 79.3 Å². The number of hydrogen-bond donors (Lipinski definition) is 0. The first-order valence-corrected chi connectivity index (χ1v) is 4.04. The summed E-state index contributed by atoms with van der Waals surface area (Å²) in [7, 11) is 0. The minimum Gasteiger partial charge on any atom is -0.206 e. The topological polar surface area (TPSA) is 0 Å². The molecular formula is C9H8ClF3. The van der Waals surface area contributed by atoms with E-state index < -0.39 is 17.3 Å². The number of hydrogen-bond acceptors (Lipinski definition) is 0. The lowest BCUT2D eigenvalue weighted by Crippen LogP contribution is -2.10. The molecule has 0 spiro atoms. The molecule has 0 saturated carbocycles. The zero-order valence-electron chi connectivity index (χ0n) is 7.17. The fourth-order valence-corrected chi connectivity index (χ4v) is 1.14. The Morgan fingerprint density at radius 2 is 1.85 bits per heavy atom. The molecule has 13 heavy (non-hydrogen) atoms. The van der Waals surface area contributed by atoms with Crippen LogP contribution in [0.2, 0.25) is 5.02 Å². The number of alkyl halides is 2. The van der Waals surface area contributed by atoms with E-state index in [1.54, 1.807) is 6.92 Å². The summed E-state index contributed by atoms with van der Waals surface area (Å²) in [6.07, 6.45) is 0. The second kappa shape index (κ2) is 3.22. The van der Waals surface area contributed by atoms with E-state index in [0.29, 0.717) is 12.5 Å². The van der Waals surface area contributed by atoms with Gasteiger partial charge in [-0.3, -0.25) is 0 Å². The van der Waals surface area contributed by atoms with Gasteiger partial charge in [0.1, 0.15) is 5.82 Å². The van der Waals surface area contributed by atoms with Crippen molar-refractivity contribution in [2.45, 2.75) is 19.8 Å². The SMILES string of the molecule is Cc1cc(C(C)(F)F)c(F)cc1Cl. The van der Waals surface area contributed by atoms with Crippen LogP contribution in [0.4, 0.5) is 13.2 Å². The summed E-state index contributed by atoms with van der Waals surface area (Å²) in [4.78, 5) is 0. The first kappa shape index (κ1) is 10.4. The van der Waals surface area contributed by atoms with Crippen LogP contribution in [0.1, 0.15) is 18.1 Å². The van der Waals surface area contributed by atoms with E-state index in [0.717, 1.165) is 12.1 Å². The van der Waals surface area contributed by atoms with E-state index in [1.807, 2.05) is 0 Å². The van der Waals surface area contributed by atoms with Crippen molar-refractivity contribution in [3.05, 3.63) is 34.1 Å². The van der Waals surface area contributed by atoms with E-state index in [-0.39, 0.29) is 5.02 Å². The van der Waals surface area contributed by atoms with Crippen LogP contribution >= 0.6 is 11.6 Å². The molecule has 0 nitrogen and oxygen atoms in total. The van der Waals surface area contributed by atoms with Gasteiger partial charge < -0.3 is 0 Å². The molecule has 0 aliphatic rings. The maximum absolute atomic E-state index is 13.0. The van der Waals surface area contributed by atoms with Gasteiger partial charge in [-0.15, -0.1) is 0 Å². The fraction of sp³-hybridized carbons (Fsp3) is 0.333. The van der Waals surface area contributed by atoms with Gasteiger partial charge in [-0.2, -0.15) is 0 Å². The van der Waals surface area contributed by atoms with E-state index >= 15 is 0 Å². The molecule has 1 aromatic carbocycles. The molecule has 0 aliphatic carbocycles. The molecule has 0 N–H and O–H groups in total. The monoisotopic (exact) mass is 208 g/mol. The van der Waals surface area contributed by atoms with Gasteiger partial charge in [-0.05, 0) is 24.6 Å². The largest absolute Gasteiger partial charge is 0.273 e. The Bertz CT molecular complexity index is 328. The van der Waals surface area contributed by atoms with Gasteiger partial charge in [0.25, 0.3) is 5.92 Å². The van der Waals surface area contributed by atoms with Gasteiger partial charge in [-0.25, -0.2) is 13.2 Å². The van der Waals surface area contributed by atoms with Gasteiger partial charge in [0, 0.05) is 11.9 Å². The zero-order valence-corrected chi connectivity index (χ0v) is 7.92. The van der Waals surface area contributed by atoms with Crippen LogP contribution in [0.5, 0.6) is 0 Å². The first-order valence-electron chi connectivity index (χ1n) is 3.66. The standard InChI is InChI=1S/C9H8ClF3/c1-5-3-6(9(2,12)13)8(11)4-7(5)10/h3-4H,1-2H3. The third-order valence-corrected chi connectivity index (χ3v) is 2.13. The van der Waals surface area contributed by atoms with Crippen molar-refractivity contribution >= 4 is 11.6 Å². The highest BCUT2D eigenvalue weighted by Gasteiger charge is 2.28. The third-order valence-electron chi connectivity index (χ3n) is 1.72. The zero-order chi connectivity index (χ0) is 10.2. The number of rotatable bonds is 1. The second-order valence-electron chi connectivity index (χ2n) is 2.97. The Morgan fingerprint density at radius 3 is 2.31 bits per heavy atom. The van der Waals surface area contributed by atoms with Crippen molar-refractivity contribution < 1.29 is 13.2 Å². The molecule has 0 bridgehead atoms. The first-order chi connectivity index (χ1) is 5.82. The molecule has 0 radical (unpaired) electrons. The number of halogens is 4. The van der Waals surface area contributed by atoms with Crippen molar-refractivity contribution in [3.8, 4) is 0 Å². The lowest BCUT2D eigenvalue weighted by Gasteiger charge is -2.12. The van der Waals surface area contributed by atoms with Gasteiger partial charge in [0.15, 0.2) is 0 Å². The Kier molecular flexibility index (Phi) is 2.57. The number of benzene rings is 1. The summed E-state index contributed by atoms with van der Waals surface area (Å²) in [5.41, 5.74) is -0.172. The second-order valence-corrected chi connectivity index (χ2v) is 3.38. The highest BCUT2D eigenvalue weighted by molar-refractivity contribution is 6.31. The van der Waals surface area contributed by atoms with Crippen molar-refractivity contribution in [3.63, 3.8) is 0 Å². The normalized spacial score (nSPS) is 11.8. The van der Waals surface area contributed by atoms with Crippen LogP contribution < -0.4 is 0 Å². The number of aryl methyl sites for hydroxylation is 1. The van der Waals surface area contributed by atoms with Gasteiger partial charge in [-0.1, -0.05) is 11.6 Å². The van der Waals surface area contributed by atoms with Crippen LogP contribution in [0.3, 0.4) is 0 Å². The quantitative estimate of drug-likeness (QED) is 0.657. The van der Waals surface area contributed by atoms with Gasteiger partial charge in [0.05, 0.1) is 5.56 Å². The molecule has 0 aliphatic heterocycles. The average molecular weight is 209 g/mol. The molecule has 72 valence electrons. The van der Waals surface area contributed by atoms with Crippen LogP contribution in [0.15, 0.2) is 12.1 Å². The Hall–Kier alpha value is -0.700. The molecule has 4 heteroatoms. The lowest BCUT2D eigenvalue weighted by atomic mass is 10.1. The van der Waals surface area contributed by atoms with E-state index in [2.05, 4.69) is 0 Å². The van der Waals surface area contributed by atoms with Gasteiger partial charge >= 0.3 is 0 Å². The van der Waals surface area contributed by atoms with Crippen molar-refractivity contribution in [2.75, 3.05) is 0 Å². The third kappa shape index (κ3) is 2.15.